The maximum Gasteiger partial charge on any atom is 0.176 e. The van der Waals surface area contributed by atoms with E-state index in [-0.39, 0.29) is 11.3 Å². The number of carboxylic acids is 1. The van der Waals surface area contributed by atoms with Gasteiger partial charge in [0, 0.05) is 5.56 Å². The number of hydrogen-bond acceptors (Lipinski definition) is 5. The number of benzene rings is 1. The second-order valence-corrected chi connectivity index (χ2v) is 3.71. The fourth-order valence-corrected chi connectivity index (χ4v) is 1.74. The summed E-state index contributed by atoms with van der Waals surface area (Å²) >= 11 is 0. The second-order valence-electron chi connectivity index (χ2n) is 3.71. The van der Waals surface area contributed by atoms with Gasteiger partial charge < -0.3 is 19.2 Å². The highest BCUT2D eigenvalue weighted by atomic mass is 16.5. The van der Waals surface area contributed by atoms with Gasteiger partial charge in [0.15, 0.2) is 5.76 Å². The predicted molar refractivity (Wildman–Crippen MR) is 62.2 cm³/mol. The molecular weight excluding hydrogens is 234 g/mol. The average molecular weight is 246 g/mol. The summed E-state index contributed by atoms with van der Waals surface area (Å²) in [4.78, 5) is 11.1. The van der Waals surface area contributed by atoms with E-state index >= 15 is 0 Å². The lowest BCUT2D eigenvalue weighted by Gasteiger charge is -2.05. The second kappa shape index (κ2) is 4.91. The highest BCUT2D eigenvalue weighted by molar-refractivity contribution is 5.94. The highest BCUT2D eigenvalue weighted by Crippen LogP contribution is 2.28. The molecule has 0 saturated carbocycles. The van der Waals surface area contributed by atoms with Crippen LogP contribution in [-0.4, -0.2) is 18.2 Å². The van der Waals surface area contributed by atoms with Crippen LogP contribution in [0.15, 0.2) is 28.8 Å². The van der Waals surface area contributed by atoms with Crippen LogP contribution < -0.4 is 9.84 Å². The SMILES string of the molecule is CCc1noc(-c2cccc(OC)c2)c1C(=O)[O-]. The molecule has 0 N–H and O–H groups in total. The molecule has 0 atom stereocenters. The van der Waals surface area contributed by atoms with Crippen LogP contribution in [0.3, 0.4) is 0 Å². The van der Waals surface area contributed by atoms with Crippen molar-refractivity contribution in [3.63, 3.8) is 0 Å². The fraction of sp³-hybridized carbons (Fsp3) is 0.231. The average Bonchev–Trinajstić information content (AvgIpc) is 2.82. The van der Waals surface area contributed by atoms with Gasteiger partial charge in [-0.3, -0.25) is 0 Å². The lowest BCUT2D eigenvalue weighted by Crippen LogP contribution is -2.23. The van der Waals surface area contributed by atoms with Crippen LogP contribution in [0.25, 0.3) is 11.3 Å². The van der Waals surface area contributed by atoms with E-state index < -0.39 is 5.97 Å². The fourth-order valence-electron chi connectivity index (χ4n) is 1.74. The van der Waals surface area contributed by atoms with Crippen LogP contribution in [0.5, 0.6) is 5.75 Å². The summed E-state index contributed by atoms with van der Waals surface area (Å²) in [5.41, 5.74) is 0.985. The first-order valence-electron chi connectivity index (χ1n) is 5.51. The van der Waals surface area contributed by atoms with Crippen LogP contribution in [-0.2, 0) is 6.42 Å². The molecule has 2 aromatic rings. The molecule has 1 aromatic heterocycles. The Kier molecular flexibility index (Phi) is 3.32. The first-order chi connectivity index (χ1) is 8.67. The zero-order valence-corrected chi connectivity index (χ0v) is 10.1. The van der Waals surface area contributed by atoms with Gasteiger partial charge in [0.25, 0.3) is 0 Å². The molecule has 2 rings (SSSR count). The number of aromatic nitrogens is 1. The lowest BCUT2D eigenvalue weighted by molar-refractivity contribution is -0.255. The van der Waals surface area contributed by atoms with E-state index in [0.717, 1.165) is 0 Å². The van der Waals surface area contributed by atoms with Crippen LogP contribution in [0.4, 0.5) is 0 Å². The predicted octanol–water partition coefficient (Wildman–Crippen LogP) is 1.28. The number of carboxylic acid groups (broad SMARTS) is 1. The number of carbonyl (C=O) groups is 1. The van der Waals surface area contributed by atoms with Gasteiger partial charge in [0.1, 0.15) is 5.75 Å². The number of methoxy groups -OCH3 is 1. The van der Waals surface area contributed by atoms with Gasteiger partial charge in [-0.2, -0.15) is 0 Å². The topological polar surface area (TPSA) is 75.4 Å². The Hall–Kier alpha value is -2.30. The Morgan fingerprint density at radius 2 is 2.28 bits per heavy atom. The summed E-state index contributed by atoms with van der Waals surface area (Å²) < 4.78 is 10.2. The van der Waals surface area contributed by atoms with E-state index in [0.29, 0.717) is 23.4 Å². The van der Waals surface area contributed by atoms with Gasteiger partial charge >= 0.3 is 0 Å². The minimum atomic E-state index is -1.29. The molecule has 0 saturated heterocycles. The third-order valence-corrected chi connectivity index (χ3v) is 2.63. The number of ether oxygens (including phenoxy) is 1. The summed E-state index contributed by atoms with van der Waals surface area (Å²) in [6.07, 6.45) is 0.469. The largest absolute Gasteiger partial charge is 0.545 e. The first-order valence-corrected chi connectivity index (χ1v) is 5.51. The number of rotatable bonds is 4. The molecule has 1 heterocycles. The quantitative estimate of drug-likeness (QED) is 0.812. The highest BCUT2D eigenvalue weighted by Gasteiger charge is 2.17. The van der Waals surface area contributed by atoms with Gasteiger partial charge in [-0.25, -0.2) is 0 Å². The minimum absolute atomic E-state index is 0.00533. The molecule has 0 fully saturated rings. The molecular formula is C13H12NO4-. The molecule has 5 heteroatoms. The van der Waals surface area contributed by atoms with Gasteiger partial charge in [-0.15, -0.1) is 0 Å². The summed E-state index contributed by atoms with van der Waals surface area (Å²) in [6, 6.07) is 6.93. The molecule has 1 aromatic carbocycles. The zero-order valence-electron chi connectivity index (χ0n) is 10.1. The Labute approximate surface area is 104 Å². The Morgan fingerprint density at radius 3 is 2.89 bits per heavy atom. The zero-order chi connectivity index (χ0) is 13.1. The van der Waals surface area contributed by atoms with Crippen molar-refractivity contribution in [2.24, 2.45) is 0 Å². The molecule has 0 spiro atoms. The molecule has 0 aliphatic carbocycles. The molecule has 0 aliphatic heterocycles. The molecule has 0 bridgehead atoms. The number of hydrogen-bond donors (Lipinski definition) is 0. The van der Waals surface area contributed by atoms with Crippen LogP contribution in [0, 0.1) is 0 Å². The molecule has 0 radical (unpaired) electrons. The van der Waals surface area contributed by atoms with Crippen molar-refractivity contribution in [2.45, 2.75) is 13.3 Å². The molecule has 5 nitrogen and oxygen atoms in total. The summed E-state index contributed by atoms with van der Waals surface area (Å²) in [5, 5.41) is 14.9. The van der Waals surface area contributed by atoms with Gasteiger partial charge in [0.05, 0.1) is 24.3 Å². The summed E-state index contributed by atoms with van der Waals surface area (Å²) in [6.45, 7) is 1.81. The maximum atomic E-state index is 11.1. The van der Waals surface area contributed by atoms with E-state index in [4.69, 9.17) is 9.26 Å². The molecule has 0 amide bonds. The third kappa shape index (κ3) is 2.07. The molecule has 0 unspecified atom stereocenters. The van der Waals surface area contributed by atoms with Crippen molar-refractivity contribution in [2.75, 3.05) is 7.11 Å². The minimum Gasteiger partial charge on any atom is -0.545 e. The van der Waals surface area contributed by atoms with Crippen molar-refractivity contribution in [3.8, 4) is 17.1 Å². The van der Waals surface area contributed by atoms with E-state index in [1.54, 1.807) is 31.2 Å². The van der Waals surface area contributed by atoms with Crippen molar-refractivity contribution in [1.82, 2.24) is 5.16 Å². The summed E-state index contributed by atoms with van der Waals surface area (Å²) in [5.74, 6) is -0.470. The Bertz CT molecular complexity index is 574. The molecule has 18 heavy (non-hydrogen) atoms. The smallest absolute Gasteiger partial charge is 0.176 e. The van der Waals surface area contributed by atoms with Crippen molar-refractivity contribution >= 4 is 5.97 Å². The number of aryl methyl sites for hydroxylation is 1. The normalized spacial score (nSPS) is 10.3. The van der Waals surface area contributed by atoms with Crippen LogP contribution >= 0.6 is 0 Å². The van der Waals surface area contributed by atoms with Crippen LogP contribution in [0.1, 0.15) is 23.0 Å². The third-order valence-electron chi connectivity index (χ3n) is 2.63. The number of nitrogens with zero attached hydrogens (tertiary/aromatic N) is 1. The molecule has 0 aliphatic rings. The Balaban J connectivity index is 2.56. The van der Waals surface area contributed by atoms with E-state index in [1.165, 1.54) is 7.11 Å². The monoisotopic (exact) mass is 246 g/mol. The van der Waals surface area contributed by atoms with Crippen LogP contribution in [0.2, 0.25) is 0 Å². The van der Waals surface area contributed by atoms with Gasteiger partial charge in [-0.1, -0.05) is 24.2 Å². The maximum absolute atomic E-state index is 11.1. The summed E-state index contributed by atoms with van der Waals surface area (Å²) in [7, 11) is 1.54. The van der Waals surface area contributed by atoms with Gasteiger partial charge in [0.2, 0.25) is 0 Å². The van der Waals surface area contributed by atoms with Crippen molar-refractivity contribution in [1.29, 1.82) is 0 Å². The first kappa shape index (κ1) is 12.2. The van der Waals surface area contributed by atoms with E-state index in [2.05, 4.69) is 5.16 Å². The Morgan fingerprint density at radius 1 is 1.50 bits per heavy atom. The molecule has 94 valence electrons. The van der Waals surface area contributed by atoms with E-state index in [1.807, 2.05) is 0 Å². The standard InChI is InChI=1S/C13H13NO4/c1-3-10-11(13(15)16)12(18-14-10)8-5-4-6-9(7-8)17-2/h4-7H,3H2,1-2H3,(H,15,16)/p-1. The lowest BCUT2D eigenvalue weighted by atomic mass is 10.1. The number of aromatic carboxylic acids is 1. The van der Waals surface area contributed by atoms with E-state index in [9.17, 15) is 9.90 Å². The van der Waals surface area contributed by atoms with Gasteiger partial charge in [-0.05, 0) is 18.6 Å². The van der Waals surface area contributed by atoms with Crippen molar-refractivity contribution < 1.29 is 19.2 Å². The van der Waals surface area contributed by atoms with Crippen molar-refractivity contribution in [3.05, 3.63) is 35.5 Å². The number of carbonyl (C=O) groups excluding carboxylic acids is 1.